The molecule has 0 spiro atoms. The van der Waals surface area contributed by atoms with Crippen LogP contribution in [-0.2, 0) is 0 Å². The fraction of sp³-hybridized carbons (Fsp3) is 0.188. The van der Waals surface area contributed by atoms with E-state index in [1.165, 1.54) is 18.2 Å². The molecule has 2 aromatic rings. The van der Waals surface area contributed by atoms with Crippen molar-refractivity contribution in [3.05, 3.63) is 73.2 Å². The molecule has 0 radical (unpaired) electrons. The highest BCUT2D eigenvalue weighted by molar-refractivity contribution is 9.10. The van der Waals surface area contributed by atoms with E-state index in [0.717, 1.165) is 10.0 Å². The Labute approximate surface area is 146 Å². The van der Waals surface area contributed by atoms with Crippen molar-refractivity contribution in [2.45, 2.75) is 19.4 Å². The highest BCUT2D eigenvalue weighted by Crippen LogP contribution is 2.24. The molecule has 0 aliphatic heterocycles. The smallest absolute Gasteiger partial charge is 0.270 e. The van der Waals surface area contributed by atoms with Crippen molar-refractivity contribution >= 4 is 39.1 Å². The van der Waals surface area contributed by atoms with Gasteiger partial charge in [-0.25, -0.2) is 0 Å². The Morgan fingerprint density at radius 1 is 1.30 bits per heavy atom. The summed E-state index contributed by atoms with van der Waals surface area (Å²) in [5.74, 6) is -0.361. The van der Waals surface area contributed by atoms with Crippen LogP contribution in [0.3, 0.4) is 0 Å². The average Bonchev–Trinajstić information content (AvgIpc) is 2.53. The largest absolute Gasteiger partial charge is 0.345 e. The molecule has 7 heteroatoms. The number of benzene rings is 2. The van der Waals surface area contributed by atoms with Crippen molar-refractivity contribution in [1.82, 2.24) is 5.32 Å². The maximum Gasteiger partial charge on any atom is 0.270 e. The van der Waals surface area contributed by atoms with Gasteiger partial charge in [0.05, 0.1) is 21.6 Å². The number of non-ortho nitro benzene ring substituents is 1. The Morgan fingerprint density at radius 2 is 1.96 bits per heavy atom. The molecule has 5 nitrogen and oxygen atoms in total. The van der Waals surface area contributed by atoms with Gasteiger partial charge in [0.1, 0.15) is 0 Å². The topological polar surface area (TPSA) is 72.2 Å². The van der Waals surface area contributed by atoms with Crippen molar-refractivity contribution in [3.63, 3.8) is 0 Å². The Kier molecular flexibility index (Phi) is 5.74. The zero-order valence-corrected chi connectivity index (χ0v) is 14.6. The highest BCUT2D eigenvalue weighted by atomic mass is 79.9. The minimum Gasteiger partial charge on any atom is -0.345 e. The molecule has 0 aliphatic rings. The Morgan fingerprint density at radius 3 is 2.48 bits per heavy atom. The van der Waals surface area contributed by atoms with Crippen LogP contribution in [0.15, 0.2) is 46.9 Å². The summed E-state index contributed by atoms with van der Waals surface area (Å²) in [6.07, 6.45) is 0.706. The standard InChI is InChI=1S/C16H14BrClN2O3/c1-2-15(10-3-5-11(17)6-4-10)19-16(21)13-8-7-12(20(22)23)9-14(13)18/h3-9,15H,2H2,1H3,(H,19,21). The van der Waals surface area contributed by atoms with Crippen LogP contribution in [0.2, 0.25) is 5.02 Å². The molecule has 1 amide bonds. The van der Waals surface area contributed by atoms with Gasteiger partial charge in [-0.3, -0.25) is 14.9 Å². The molecule has 1 N–H and O–H groups in total. The van der Waals surface area contributed by atoms with E-state index in [1.807, 2.05) is 31.2 Å². The minimum absolute atomic E-state index is 0.0577. The van der Waals surface area contributed by atoms with Gasteiger partial charge in [0.2, 0.25) is 0 Å². The molecule has 2 aromatic carbocycles. The summed E-state index contributed by atoms with van der Waals surface area (Å²) >= 11 is 9.36. The average molecular weight is 398 g/mol. The van der Waals surface area contributed by atoms with Crippen LogP contribution in [0.25, 0.3) is 0 Å². The molecule has 0 saturated carbocycles. The number of amides is 1. The third kappa shape index (κ3) is 4.30. The number of hydrogen-bond acceptors (Lipinski definition) is 3. The van der Waals surface area contributed by atoms with E-state index >= 15 is 0 Å². The lowest BCUT2D eigenvalue weighted by Gasteiger charge is -2.18. The van der Waals surface area contributed by atoms with Gasteiger partial charge in [0.15, 0.2) is 0 Å². The normalized spacial score (nSPS) is 11.8. The summed E-state index contributed by atoms with van der Waals surface area (Å²) < 4.78 is 0.959. The maximum atomic E-state index is 12.4. The van der Waals surface area contributed by atoms with Gasteiger partial charge >= 0.3 is 0 Å². The second-order valence-corrected chi connectivity index (χ2v) is 6.23. The second-order valence-electron chi connectivity index (χ2n) is 4.91. The van der Waals surface area contributed by atoms with Crippen LogP contribution in [-0.4, -0.2) is 10.8 Å². The minimum atomic E-state index is -0.551. The molecule has 0 fully saturated rings. The van der Waals surface area contributed by atoms with Crippen LogP contribution in [0.5, 0.6) is 0 Å². The number of carbonyl (C=O) groups is 1. The number of nitro groups is 1. The quantitative estimate of drug-likeness (QED) is 0.576. The molecular weight excluding hydrogens is 384 g/mol. The third-order valence-corrected chi connectivity index (χ3v) is 4.24. The molecule has 2 rings (SSSR count). The molecule has 0 aliphatic carbocycles. The molecule has 0 heterocycles. The summed E-state index contributed by atoms with van der Waals surface area (Å²) in [4.78, 5) is 22.5. The van der Waals surface area contributed by atoms with E-state index in [0.29, 0.717) is 6.42 Å². The number of nitrogens with one attached hydrogen (secondary N) is 1. The zero-order valence-electron chi connectivity index (χ0n) is 12.3. The van der Waals surface area contributed by atoms with E-state index in [2.05, 4.69) is 21.2 Å². The van der Waals surface area contributed by atoms with Crippen LogP contribution in [0, 0.1) is 10.1 Å². The molecular formula is C16H14BrClN2O3. The molecule has 23 heavy (non-hydrogen) atoms. The Bertz CT molecular complexity index is 735. The van der Waals surface area contributed by atoms with E-state index in [4.69, 9.17) is 11.6 Å². The second kappa shape index (κ2) is 7.57. The van der Waals surface area contributed by atoms with E-state index in [-0.39, 0.29) is 28.2 Å². The van der Waals surface area contributed by atoms with Crippen molar-refractivity contribution in [2.75, 3.05) is 0 Å². The molecule has 0 saturated heterocycles. The molecule has 120 valence electrons. The van der Waals surface area contributed by atoms with Gasteiger partial charge in [-0.05, 0) is 30.2 Å². The van der Waals surface area contributed by atoms with Gasteiger partial charge < -0.3 is 5.32 Å². The number of halogens is 2. The van der Waals surface area contributed by atoms with Gasteiger partial charge in [-0.15, -0.1) is 0 Å². The molecule has 1 atom stereocenters. The lowest BCUT2D eigenvalue weighted by Crippen LogP contribution is -2.28. The van der Waals surface area contributed by atoms with Crippen LogP contribution in [0.1, 0.15) is 35.3 Å². The monoisotopic (exact) mass is 396 g/mol. The number of rotatable bonds is 5. The van der Waals surface area contributed by atoms with Crippen LogP contribution >= 0.6 is 27.5 Å². The van der Waals surface area contributed by atoms with Gasteiger partial charge in [0.25, 0.3) is 11.6 Å². The predicted octanol–water partition coefficient (Wildman–Crippen LogP) is 4.89. The lowest BCUT2D eigenvalue weighted by molar-refractivity contribution is -0.384. The first kappa shape index (κ1) is 17.4. The van der Waals surface area contributed by atoms with E-state index in [1.54, 1.807) is 0 Å². The number of nitro benzene ring substituents is 1. The fourth-order valence-electron chi connectivity index (χ4n) is 2.15. The summed E-state index contributed by atoms with van der Waals surface area (Å²) in [5.41, 5.74) is 1.04. The number of nitrogens with zero attached hydrogens (tertiary/aromatic N) is 1. The Balaban J connectivity index is 2.19. The first-order chi connectivity index (χ1) is 10.9. The van der Waals surface area contributed by atoms with Crippen molar-refractivity contribution in [3.8, 4) is 0 Å². The summed E-state index contributed by atoms with van der Waals surface area (Å²) in [7, 11) is 0. The Hall–Kier alpha value is -1.92. The van der Waals surface area contributed by atoms with Crippen molar-refractivity contribution in [2.24, 2.45) is 0 Å². The number of carbonyl (C=O) groups excluding carboxylic acids is 1. The van der Waals surface area contributed by atoms with E-state index in [9.17, 15) is 14.9 Å². The highest BCUT2D eigenvalue weighted by Gasteiger charge is 2.18. The molecule has 0 bridgehead atoms. The predicted molar refractivity (Wildman–Crippen MR) is 92.7 cm³/mol. The number of hydrogen-bond donors (Lipinski definition) is 1. The first-order valence-electron chi connectivity index (χ1n) is 6.92. The SMILES string of the molecule is CCC(NC(=O)c1ccc([N+](=O)[O-])cc1Cl)c1ccc(Br)cc1. The van der Waals surface area contributed by atoms with E-state index < -0.39 is 4.92 Å². The van der Waals surface area contributed by atoms with Crippen LogP contribution in [0.4, 0.5) is 5.69 Å². The molecule has 0 aromatic heterocycles. The van der Waals surface area contributed by atoms with Gasteiger partial charge in [-0.2, -0.15) is 0 Å². The van der Waals surface area contributed by atoms with Crippen molar-refractivity contribution < 1.29 is 9.72 Å². The van der Waals surface area contributed by atoms with Gasteiger partial charge in [-0.1, -0.05) is 46.6 Å². The first-order valence-corrected chi connectivity index (χ1v) is 8.09. The third-order valence-electron chi connectivity index (χ3n) is 3.39. The van der Waals surface area contributed by atoms with Crippen LogP contribution < -0.4 is 5.32 Å². The molecule has 1 unspecified atom stereocenters. The zero-order chi connectivity index (χ0) is 17.0. The lowest BCUT2D eigenvalue weighted by atomic mass is 10.0. The summed E-state index contributed by atoms with van der Waals surface area (Å²) in [5, 5.41) is 13.7. The fourth-order valence-corrected chi connectivity index (χ4v) is 2.68. The van der Waals surface area contributed by atoms with Gasteiger partial charge in [0, 0.05) is 16.6 Å². The summed E-state index contributed by atoms with van der Waals surface area (Å²) in [6, 6.07) is 11.3. The van der Waals surface area contributed by atoms with Crippen molar-refractivity contribution in [1.29, 1.82) is 0 Å². The summed E-state index contributed by atoms with van der Waals surface area (Å²) in [6.45, 7) is 1.96. The maximum absolute atomic E-state index is 12.4.